The minimum atomic E-state index is -0.202. The van der Waals surface area contributed by atoms with E-state index in [1.807, 2.05) is 6.07 Å². The second-order valence-corrected chi connectivity index (χ2v) is 6.04. The number of hydrogen-bond donors (Lipinski definition) is 2. The van der Waals surface area contributed by atoms with Gasteiger partial charge in [0.2, 0.25) is 6.41 Å². The second-order valence-electron chi connectivity index (χ2n) is 6.04. The van der Waals surface area contributed by atoms with Crippen LogP contribution in [0.25, 0.3) is 0 Å². The number of ether oxygens (including phenoxy) is 2. The molecule has 1 heterocycles. The molecule has 132 valence electrons. The highest BCUT2D eigenvalue weighted by Gasteiger charge is 2.28. The van der Waals surface area contributed by atoms with E-state index < -0.39 is 0 Å². The van der Waals surface area contributed by atoms with E-state index in [-0.39, 0.29) is 17.5 Å². The van der Waals surface area contributed by atoms with Crippen LogP contribution >= 0.6 is 0 Å². The lowest BCUT2D eigenvalue weighted by Crippen LogP contribution is -2.35. The molecule has 1 amide bonds. The molecule has 0 saturated carbocycles. The summed E-state index contributed by atoms with van der Waals surface area (Å²) in [5.41, 5.74) is 2.89. The third-order valence-corrected chi connectivity index (χ3v) is 4.65. The standard InChI is InChI=1S/C19H21NO5/c1-24-18-8-12(3-4-16(18)22)7-15-14-10-17(23)19(25-2)9-13(14)5-6-20(15)11-21/h3-4,8-11,15,22-23H,5-7H2,1-2H3/t15-/m1/s1. The van der Waals surface area contributed by atoms with Crippen LogP contribution in [0.3, 0.4) is 0 Å². The number of amides is 1. The maximum absolute atomic E-state index is 11.5. The molecule has 2 aromatic carbocycles. The van der Waals surface area contributed by atoms with E-state index >= 15 is 0 Å². The van der Waals surface area contributed by atoms with Crippen molar-refractivity contribution in [1.82, 2.24) is 4.90 Å². The topological polar surface area (TPSA) is 79.2 Å². The van der Waals surface area contributed by atoms with Crippen LogP contribution < -0.4 is 9.47 Å². The predicted molar refractivity (Wildman–Crippen MR) is 92.2 cm³/mol. The number of benzene rings is 2. The summed E-state index contributed by atoms with van der Waals surface area (Å²) in [4.78, 5) is 13.3. The number of carbonyl (C=O) groups is 1. The number of fused-ring (bicyclic) bond motifs is 1. The highest BCUT2D eigenvalue weighted by atomic mass is 16.5. The Morgan fingerprint density at radius 2 is 1.84 bits per heavy atom. The zero-order chi connectivity index (χ0) is 18.0. The Balaban J connectivity index is 1.99. The van der Waals surface area contributed by atoms with Crippen molar-refractivity contribution in [2.75, 3.05) is 20.8 Å². The summed E-state index contributed by atoms with van der Waals surface area (Å²) in [5, 5.41) is 19.9. The zero-order valence-electron chi connectivity index (χ0n) is 14.2. The lowest BCUT2D eigenvalue weighted by Gasteiger charge is -2.35. The summed E-state index contributed by atoms with van der Waals surface area (Å²) >= 11 is 0. The molecule has 6 nitrogen and oxygen atoms in total. The molecular weight excluding hydrogens is 322 g/mol. The van der Waals surface area contributed by atoms with E-state index in [1.165, 1.54) is 14.2 Å². The van der Waals surface area contributed by atoms with Crippen LogP contribution in [0.15, 0.2) is 30.3 Å². The molecule has 2 aromatic rings. The number of phenols is 2. The van der Waals surface area contributed by atoms with E-state index in [2.05, 4.69) is 0 Å². The van der Waals surface area contributed by atoms with E-state index in [0.29, 0.717) is 30.9 Å². The summed E-state index contributed by atoms with van der Waals surface area (Å²) in [6.07, 6.45) is 2.10. The van der Waals surface area contributed by atoms with Gasteiger partial charge in [-0.05, 0) is 53.8 Å². The summed E-state index contributed by atoms with van der Waals surface area (Å²) in [6.45, 7) is 0.602. The lowest BCUT2D eigenvalue weighted by atomic mass is 9.88. The van der Waals surface area contributed by atoms with E-state index in [0.717, 1.165) is 23.1 Å². The quantitative estimate of drug-likeness (QED) is 0.815. The number of methoxy groups -OCH3 is 2. The van der Waals surface area contributed by atoms with Crippen molar-refractivity contribution < 1.29 is 24.5 Å². The van der Waals surface area contributed by atoms with Gasteiger partial charge in [-0.1, -0.05) is 6.07 Å². The molecule has 0 spiro atoms. The number of carbonyl (C=O) groups excluding carboxylic acids is 1. The first kappa shape index (κ1) is 17.0. The monoisotopic (exact) mass is 343 g/mol. The molecule has 6 heteroatoms. The van der Waals surface area contributed by atoms with Crippen LogP contribution in [0.4, 0.5) is 0 Å². The molecule has 0 fully saturated rings. The molecule has 0 unspecified atom stereocenters. The van der Waals surface area contributed by atoms with Crippen LogP contribution in [-0.4, -0.2) is 42.3 Å². The Morgan fingerprint density at radius 3 is 2.52 bits per heavy atom. The molecule has 3 rings (SSSR count). The van der Waals surface area contributed by atoms with Crippen molar-refractivity contribution in [3.05, 3.63) is 47.0 Å². The predicted octanol–water partition coefficient (Wildman–Crippen LogP) is 2.41. The van der Waals surface area contributed by atoms with Crippen LogP contribution in [0.2, 0.25) is 0 Å². The van der Waals surface area contributed by atoms with Crippen molar-refractivity contribution in [1.29, 1.82) is 0 Å². The Kier molecular flexibility index (Phi) is 4.70. The fourth-order valence-corrected chi connectivity index (χ4v) is 3.33. The van der Waals surface area contributed by atoms with Crippen LogP contribution in [0.5, 0.6) is 23.0 Å². The van der Waals surface area contributed by atoms with Crippen LogP contribution in [0, 0.1) is 0 Å². The van der Waals surface area contributed by atoms with Crippen LogP contribution in [0.1, 0.15) is 22.7 Å². The van der Waals surface area contributed by atoms with Gasteiger partial charge in [-0.15, -0.1) is 0 Å². The molecule has 2 N–H and O–H groups in total. The van der Waals surface area contributed by atoms with Crippen molar-refractivity contribution in [3.8, 4) is 23.0 Å². The normalized spacial score (nSPS) is 16.2. The third-order valence-electron chi connectivity index (χ3n) is 4.65. The third kappa shape index (κ3) is 3.20. The van der Waals surface area contributed by atoms with Gasteiger partial charge >= 0.3 is 0 Å². The molecule has 25 heavy (non-hydrogen) atoms. The average Bonchev–Trinajstić information content (AvgIpc) is 2.63. The molecule has 0 aromatic heterocycles. The number of rotatable bonds is 5. The second kappa shape index (κ2) is 6.93. The molecule has 1 atom stereocenters. The largest absolute Gasteiger partial charge is 0.504 e. The van der Waals surface area contributed by atoms with Gasteiger partial charge in [-0.2, -0.15) is 0 Å². The Morgan fingerprint density at radius 1 is 1.12 bits per heavy atom. The fourth-order valence-electron chi connectivity index (χ4n) is 3.33. The molecule has 1 aliphatic rings. The summed E-state index contributed by atoms with van der Waals surface area (Å²) in [7, 11) is 3.01. The van der Waals surface area contributed by atoms with Gasteiger partial charge in [0.15, 0.2) is 23.0 Å². The first-order chi connectivity index (χ1) is 12.1. The van der Waals surface area contributed by atoms with Gasteiger partial charge in [-0.3, -0.25) is 4.79 Å². The van der Waals surface area contributed by atoms with Crippen molar-refractivity contribution in [2.45, 2.75) is 18.9 Å². The number of aromatic hydroxyl groups is 2. The first-order valence-electron chi connectivity index (χ1n) is 8.04. The highest BCUT2D eigenvalue weighted by Crippen LogP contribution is 2.39. The maximum atomic E-state index is 11.5. The van der Waals surface area contributed by atoms with Crippen molar-refractivity contribution in [3.63, 3.8) is 0 Å². The van der Waals surface area contributed by atoms with Crippen molar-refractivity contribution in [2.24, 2.45) is 0 Å². The smallest absolute Gasteiger partial charge is 0.210 e. The van der Waals surface area contributed by atoms with Gasteiger partial charge in [-0.25, -0.2) is 0 Å². The maximum Gasteiger partial charge on any atom is 0.210 e. The van der Waals surface area contributed by atoms with Crippen molar-refractivity contribution >= 4 is 6.41 Å². The Hall–Kier alpha value is -2.89. The van der Waals surface area contributed by atoms with Gasteiger partial charge in [0.25, 0.3) is 0 Å². The average molecular weight is 343 g/mol. The highest BCUT2D eigenvalue weighted by molar-refractivity contribution is 5.55. The molecular formula is C19H21NO5. The fraction of sp³-hybridized carbons (Fsp3) is 0.316. The number of nitrogens with zero attached hydrogens (tertiary/aromatic N) is 1. The zero-order valence-corrected chi connectivity index (χ0v) is 14.2. The van der Waals surface area contributed by atoms with Gasteiger partial charge < -0.3 is 24.6 Å². The van der Waals surface area contributed by atoms with E-state index in [9.17, 15) is 15.0 Å². The van der Waals surface area contributed by atoms with Crippen LogP contribution in [-0.2, 0) is 17.6 Å². The Bertz CT molecular complexity index is 790. The minimum absolute atomic E-state index is 0.0577. The van der Waals surface area contributed by atoms with Gasteiger partial charge in [0.1, 0.15) is 0 Å². The summed E-state index contributed by atoms with van der Waals surface area (Å²) in [5.74, 6) is 0.958. The summed E-state index contributed by atoms with van der Waals surface area (Å²) < 4.78 is 10.3. The van der Waals surface area contributed by atoms with Gasteiger partial charge in [0.05, 0.1) is 20.3 Å². The lowest BCUT2D eigenvalue weighted by molar-refractivity contribution is -0.120. The molecule has 1 aliphatic heterocycles. The van der Waals surface area contributed by atoms with E-state index in [4.69, 9.17) is 9.47 Å². The SMILES string of the molecule is COc1cc(C[C@@H]2c3cc(O)c(OC)cc3CCN2C=O)ccc1O. The summed E-state index contributed by atoms with van der Waals surface area (Å²) in [6, 6.07) is 8.44. The number of phenolic OH excluding ortho intramolecular Hbond substituents is 2. The molecule has 0 saturated heterocycles. The number of hydrogen-bond acceptors (Lipinski definition) is 5. The molecule has 0 radical (unpaired) electrons. The van der Waals surface area contributed by atoms with Gasteiger partial charge in [0, 0.05) is 6.54 Å². The first-order valence-corrected chi connectivity index (χ1v) is 8.04. The molecule has 0 aliphatic carbocycles. The minimum Gasteiger partial charge on any atom is -0.504 e. The Labute approximate surface area is 146 Å². The van der Waals surface area contributed by atoms with E-state index in [1.54, 1.807) is 29.2 Å². The molecule has 0 bridgehead atoms.